The summed E-state index contributed by atoms with van der Waals surface area (Å²) in [5, 5.41) is 0. The van der Waals surface area contributed by atoms with E-state index in [0.717, 1.165) is 0 Å². The molecule has 0 saturated heterocycles. The van der Waals surface area contributed by atoms with Crippen molar-refractivity contribution in [2.75, 3.05) is 0 Å². The summed E-state index contributed by atoms with van der Waals surface area (Å²) in [5.74, 6) is -1.92. The van der Waals surface area contributed by atoms with Crippen LogP contribution in [-0.2, 0) is 48.8 Å². The van der Waals surface area contributed by atoms with E-state index in [2.05, 4.69) is 30.7 Å². The second kappa shape index (κ2) is 14.1. The molecule has 2 aromatic rings. The third kappa shape index (κ3) is 14.1. The summed E-state index contributed by atoms with van der Waals surface area (Å²) in [7, 11) is -8.28. The van der Waals surface area contributed by atoms with E-state index in [9.17, 15) is 27.1 Å². The van der Waals surface area contributed by atoms with Gasteiger partial charge in [0.1, 0.15) is 18.1 Å². The minimum absolute atomic E-state index is 0. The van der Waals surface area contributed by atoms with Crippen LogP contribution in [0.2, 0.25) is 0 Å². The SMILES string of the molecule is O=C(OS(=O)([O-])=S)c1ccccc1.O=C(OS(=O)([O-])=S)c1ccccc1.[Na+].[Na+]. The fourth-order valence-corrected chi connectivity index (χ4v) is 2.36. The molecule has 0 spiro atoms. The standard InChI is InChI=1S/2C7H6O4S2.2Na/c2*8-7(11-13(9,10)12)6-4-2-1-3-5-6;;/h2*1-5H,(H,9,10,12);;/q;;2*+1/p-2. The summed E-state index contributed by atoms with van der Waals surface area (Å²) in [5.41, 5.74) is 0.298. The van der Waals surface area contributed by atoms with E-state index in [4.69, 9.17) is 0 Å². The smallest absolute Gasteiger partial charge is 0.739 e. The van der Waals surface area contributed by atoms with Crippen molar-refractivity contribution in [3.63, 3.8) is 0 Å². The molecule has 140 valence electrons. The Morgan fingerprint density at radius 3 is 1.14 bits per heavy atom. The number of carbonyl (C=O) groups excluding carboxylic acids is 2. The van der Waals surface area contributed by atoms with Crippen molar-refractivity contribution in [1.82, 2.24) is 0 Å². The number of carbonyl (C=O) groups is 2. The summed E-state index contributed by atoms with van der Waals surface area (Å²) in [4.78, 5) is 22.0. The van der Waals surface area contributed by atoms with Crippen LogP contribution in [0.1, 0.15) is 20.7 Å². The molecule has 0 N–H and O–H groups in total. The van der Waals surface area contributed by atoms with Gasteiger partial charge in [0.25, 0.3) is 0 Å². The molecule has 2 rings (SSSR count). The Morgan fingerprint density at radius 2 is 0.929 bits per heavy atom. The van der Waals surface area contributed by atoms with E-state index in [1.165, 1.54) is 24.3 Å². The van der Waals surface area contributed by atoms with E-state index in [1.807, 2.05) is 0 Å². The average Bonchev–Trinajstić information content (AvgIpc) is 2.54. The van der Waals surface area contributed by atoms with Gasteiger partial charge in [0.2, 0.25) is 0 Å². The predicted octanol–water partition coefficient (Wildman–Crippen LogP) is -4.72. The van der Waals surface area contributed by atoms with Crippen LogP contribution in [0, 0.1) is 0 Å². The Balaban J connectivity index is 0. The second-order valence-electron chi connectivity index (χ2n) is 4.29. The van der Waals surface area contributed by atoms with Gasteiger partial charge in [0.05, 0.1) is 11.1 Å². The largest absolute Gasteiger partial charge is 1.00 e. The van der Waals surface area contributed by atoms with Crippen molar-refractivity contribution in [3.05, 3.63) is 71.8 Å². The molecule has 0 aliphatic rings. The molecule has 0 bridgehead atoms. The number of hydrogen-bond acceptors (Lipinski definition) is 10. The first-order chi connectivity index (χ1) is 12.0. The maximum Gasteiger partial charge on any atom is 1.00 e. The van der Waals surface area contributed by atoms with Crippen LogP contribution in [0.4, 0.5) is 0 Å². The quantitative estimate of drug-likeness (QED) is 0.393. The minimum atomic E-state index is -4.14. The van der Waals surface area contributed by atoms with Crippen LogP contribution in [0.5, 0.6) is 0 Å². The summed E-state index contributed by atoms with van der Waals surface area (Å²) in [6.45, 7) is 0. The Hall–Kier alpha value is 0.0400. The Bertz CT molecular complexity index is 883. The third-order valence-corrected chi connectivity index (χ3v) is 3.49. The molecule has 28 heavy (non-hydrogen) atoms. The van der Waals surface area contributed by atoms with Gasteiger partial charge in [-0.3, -0.25) is 0 Å². The van der Waals surface area contributed by atoms with Gasteiger partial charge in [-0.25, -0.2) is 18.0 Å². The zero-order chi connectivity index (χ0) is 19.8. The molecule has 0 aromatic heterocycles. The maximum atomic E-state index is 11.0. The summed E-state index contributed by atoms with van der Waals surface area (Å²) < 4.78 is 49.5. The number of rotatable bonds is 4. The second-order valence-corrected chi connectivity index (χ2v) is 8.71. The molecule has 0 saturated carbocycles. The molecular weight excluding hydrogens is 470 g/mol. The molecule has 0 amide bonds. The van der Waals surface area contributed by atoms with Crippen molar-refractivity contribution in [2.45, 2.75) is 0 Å². The molecule has 0 radical (unpaired) electrons. The van der Waals surface area contributed by atoms with E-state index in [0.29, 0.717) is 0 Å². The first-order valence-corrected chi connectivity index (χ1v) is 11.1. The van der Waals surface area contributed by atoms with Crippen molar-refractivity contribution in [2.24, 2.45) is 0 Å². The summed E-state index contributed by atoms with van der Waals surface area (Å²) in [6, 6.07) is 15.5. The molecule has 14 heteroatoms. The number of hydrogen-bond donors (Lipinski definition) is 0. The van der Waals surface area contributed by atoms with E-state index in [-0.39, 0.29) is 70.2 Å². The molecule has 0 aliphatic heterocycles. The van der Waals surface area contributed by atoms with Crippen LogP contribution in [0.3, 0.4) is 0 Å². The zero-order valence-electron chi connectivity index (χ0n) is 14.7. The van der Waals surface area contributed by atoms with E-state index < -0.39 is 30.0 Å². The van der Waals surface area contributed by atoms with Gasteiger partial charge in [-0.1, -0.05) is 36.4 Å². The van der Waals surface area contributed by atoms with Gasteiger partial charge >= 0.3 is 71.1 Å². The van der Waals surface area contributed by atoms with Crippen LogP contribution >= 0.6 is 0 Å². The Morgan fingerprint density at radius 1 is 0.679 bits per heavy atom. The van der Waals surface area contributed by atoms with Crippen LogP contribution in [0.15, 0.2) is 60.7 Å². The normalized spacial score (nSPS) is 13.5. The van der Waals surface area contributed by atoms with Crippen LogP contribution in [0.25, 0.3) is 0 Å². The van der Waals surface area contributed by atoms with Crippen molar-refractivity contribution < 1.29 is 94.6 Å². The molecule has 0 heterocycles. The van der Waals surface area contributed by atoms with Crippen molar-refractivity contribution in [3.8, 4) is 0 Å². The van der Waals surface area contributed by atoms with Crippen LogP contribution in [-0.4, -0.2) is 29.5 Å². The fraction of sp³-hybridized carbons (Fsp3) is 0. The van der Waals surface area contributed by atoms with Gasteiger partial charge in [-0.2, -0.15) is 0 Å². The van der Waals surface area contributed by atoms with Gasteiger partial charge in [0, 0.05) is 22.4 Å². The Kier molecular flexibility index (Phi) is 15.2. The van der Waals surface area contributed by atoms with Gasteiger partial charge in [-0.15, -0.1) is 0 Å². The van der Waals surface area contributed by atoms with Gasteiger partial charge < -0.3 is 17.5 Å². The molecule has 0 fully saturated rings. The van der Waals surface area contributed by atoms with Crippen LogP contribution < -0.4 is 59.1 Å². The van der Waals surface area contributed by atoms with Crippen molar-refractivity contribution >= 4 is 52.4 Å². The van der Waals surface area contributed by atoms with Crippen molar-refractivity contribution in [1.29, 1.82) is 0 Å². The third-order valence-electron chi connectivity index (χ3n) is 2.37. The maximum absolute atomic E-state index is 11.0. The minimum Gasteiger partial charge on any atom is -0.739 e. The molecule has 8 nitrogen and oxygen atoms in total. The van der Waals surface area contributed by atoms with E-state index in [1.54, 1.807) is 36.4 Å². The first-order valence-electron chi connectivity index (χ1n) is 6.47. The average molecular weight is 480 g/mol. The van der Waals surface area contributed by atoms with Gasteiger partial charge in [-0.05, 0) is 24.3 Å². The molecule has 2 aromatic carbocycles. The molecular formula is C14H10Na2O8S4. The molecule has 2 atom stereocenters. The first kappa shape index (κ1) is 30.2. The van der Waals surface area contributed by atoms with Gasteiger partial charge in [0.15, 0.2) is 0 Å². The fourth-order valence-electron chi connectivity index (χ4n) is 1.43. The topological polar surface area (TPSA) is 133 Å². The molecule has 2 unspecified atom stereocenters. The zero-order valence-corrected chi connectivity index (χ0v) is 21.9. The summed E-state index contributed by atoms with van der Waals surface area (Å²) >= 11 is 7.78. The predicted molar refractivity (Wildman–Crippen MR) is 96.3 cm³/mol. The monoisotopic (exact) mass is 480 g/mol. The Labute approximate surface area is 216 Å². The summed E-state index contributed by atoms with van der Waals surface area (Å²) in [6.07, 6.45) is 0. The van der Waals surface area contributed by atoms with E-state index >= 15 is 0 Å². The molecule has 0 aliphatic carbocycles. The number of benzene rings is 2.